The van der Waals surface area contributed by atoms with Crippen LogP contribution in [-0.2, 0) is 14.8 Å². The van der Waals surface area contributed by atoms with Crippen molar-refractivity contribution in [2.75, 3.05) is 33.0 Å². The molecule has 6 nitrogen and oxygen atoms in total. The van der Waals surface area contributed by atoms with E-state index in [4.69, 9.17) is 4.74 Å². The Morgan fingerprint density at radius 1 is 1.30 bits per heavy atom. The summed E-state index contributed by atoms with van der Waals surface area (Å²) in [6, 6.07) is 7.41. The van der Waals surface area contributed by atoms with Crippen LogP contribution in [0.3, 0.4) is 0 Å². The van der Waals surface area contributed by atoms with Crippen LogP contribution < -0.4 is 5.32 Å². The number of carbonyl (C=O) groups excluding carboxylic acids is 1. The standard InChI is InChI=1S/C16H24N2O4S/c1-13-6-4-5-7-14(13)15(19)17-12-16(22-2)8-10-18(11-9-16)23(3,20)21/h4-7H,8-12H2,1-3H3,(H,17,19). The number of rotatable bonds is 5. The number of nitrogens with one attached hydrogen (secondary N) is 1. The van der Waals surface area contributed by atoms with Crippen molar-refractivity contribution >= 4 is 15.9 Å². The first-order chi connectivity index (χ1) is 10.8. The molecule has 1 heterocycles. The second-order valence-corrected chi connectivity index (χ2v) is 8.03. The lowest BCUT2D eigenvalue weighted by Crippen LogP contribution is -2.53. The molecule has 23 heavy (non-hydrogen) atoms. The Hall–Kier alpha value is -1.44. The minimum Gasteiger partial charge on any atom is -0.376 e. The number of methoxy groups -OCH3 is 1. The maximum Gasteiger partial charge on any atom is 0.251 e. The molecule has 7 heteroatoms. The van der Waals surface area contributed by atoms with Crippen LogP contribution in [0.4, 0.5) is 0 Å². The maximum atomic E-state index is 12.3. The van der Waals surface area contributed by atoms with Gasteiger partial charge in [-0.25, -0.2) is 12.7 Å². The number of nitrogens with zero attached hydrogens (tertiary/aromatic N) is 1. The minimum atomic E-state index is -3.17. The van der Waals surface area contributed by atoms with Gasteiger partial charge in [0.2, 0.25) is 10.0 Å². The first-order valence-electron chi connectivity index (χ1n) is 7.61. The molecule has 1 aliphatic rings. The highest BCUT2D eigenvalue weighted by Gasteiger charge is 2.37. The van der Waals surface area contributed by atoms with Crippen LogP contribution in [-0.4, -0.2) is 57.2 Å². The molecule has 1 aliphatic heterocycles. The number of ether oxygens (including phenoxy) is 1. The van der Waals surface area contributed by atoms with E-state index in [1.807, 2.05) is 25.1 Å². The van der Waals surface area contributed by atoms with Crippen molar-refractivity contribution in [3.8, 4) is 0 Å². The van der Waals surface area contributed by atoms with Gasteiger partial charge in [-0.2, -0.15) is 0 Å². The van der Waals surface area contributed by atoms with Crippen molar-refractivity contribution in [1.29, 1.82) is 0 Å². The molecular formula is C16H24N2O4S. The van der Waals surface area contributed by atoms with E-state index in [9.17, 15) is 13.2 Å². The maximum absolute atomic E-state index is 12.3. The van der Waals surface area contributed by atoms with Crippen molar-refractivity contribution in [3.05, 3.63) is 35.4 Å². The molecule has 0 aliphatic carbocycles. The zero-order valence-electron chi connectivity index (χ0n) is 13.8. The average molecular weight is 340 g/mol. The number of piperidine rings is 1. The van der Waals surface area contributed by atoms with Gasteiger partial charge in [0.1, 0.15) is 0 Å². The summed E-state index contributed by atoms with van der Waals surface area (Å²) in [7, 11) is -1.57. The molecule has 1 aromatic carbocycles. The molecule has 2 rings (SSSR count). The number of amides is 1. The number of aryl methyl sites for hydroxylation is 1. The molecule has 0 saturated carbocycles. The van der Waals surface area contributed by atoms with E-state index < -0.39 is 15.6 Å². The largest absolute Gasteiger partial charge is 0.376 e. The zero-order valence-corrected chi connectivity index (χ0v) is 14.6. The van der Waals surface area contributed by atoms with E-state index in [0.717, 1.165) is 5.56 Å². The van der Waals surface area contributed by atoms with Gasteiger partial charge in [-0.1, -0.05) is 18.2 Å². The summed E-state index contributed by atoms with van der Waals surface area (Å²) in [6.07, 6.45) is 2.34. The Kier molecular flexibility index (Phi) is 5.44. The second kappa shape index (κ2) is 6.98. The van der Waals surface area contributed by atoms with E-state index in [2.05, 4.69) is 5.32 Å². The Labute approximate surface area is 137 Å². The zero-order chi connectivity index (χ0) is 17.1. The van der Waals surface area contributed by atoms with Crippen LogP contribution in [0.25, 0.3) is 0 Å². The summed E-state index contributed by atoms with van der Waals surface area (Å²) < 4.78 is 30.3. The van der Waals surface area contributed by atoms with Crippen molar-refractivity contribution in [3.63, 3.8) is 0 Å². The van der Waals surface area contributed by atoms with Gasteiger partial charge < -0.3 is 10.1 Å². The highest BCUT2D eigenvalue weighted by Crippen LogP contribution is 2.26. The Morgan fingerprint density at radius 2 is 1.91 bits per heavy atom. The molecule has 1 fully saturated rings. The summed E-state index contributed by atoms with van der Waals surface area (Å²) in [4.78, 5) is 12.3. The van der Waals surface area contributed by atoms with Crippen molar-refractivity contribution in [1.82, 2.24) is 9.62 Å². The lowest BCUT2D eigenvalue weighted by Gasteiger charge is -2.39. The second-order valence-electron chi connectivity index (χ2n) is 6.05. The highest BCUT2D eigenvalue weighted by atomic mass is 32.2. The quantitative estimate of drug-likeness (QED) is 0.873. The van der Waals surface area contributed by atoms with Crippen molar-refractivity contribution in [2.45, 2.75) is 25.4 Å². The summed E-state index contributed by atoms with van der Waals surface area (Å²) in [5.41, 5.74) is 1.05. The van der Waals surface area contributed by atoms with Gasteiger partial charge in [-0.3, -0.25) is 4.79 Å². The third-order valence-corrected chi connectivity index (χ3v) is 5.80. The number of hydrogen-bond donors (Lipinski definition) is 1. The molecule has 0 radical (unpaired) electrons. The van der Waals surface area contributed by atoms with Gasteiger partial charge in [-0.15, -0.1) is 0 Å². The number of hydrogen-bond acceptors (Lipinski definition) is 4. The molecule has 0 unspecified atom stereocenters. The molecule has 0 aromatic heterocycles. The van der Waals surface area contributed by atoms with Gasteiger partial charge >= 0.3 is 0 Å². The van der Waals surface area contributed by atoms with Gasteiger partial charge in [0, 0.05) is 32.3 Å². The number of benzene rings is 1. The molecule has 1 amide bonds. The third-order valence-electron chi connectivity index (χ3n) is 4.50. The fourth-order valence-corrected chi connectivity index (χ4v) is 3.69. The summed E-state index contributed by atoms with van der Waals surface area (Å²) in [5.74, 6) is -0.134. The molecular weight excluding hydrogens is 316 g/mol. The smallest absolute Gasteiger partial charge is 0.251 e. The molecule has 0 spiro atoms. The molecule has 1 N–H and O–H groups in total. The number of sulfonamides is 1. The molecule has 1 saturated heterocycles. The Morgan fingerprint density at radius 3 is 2.43 bits per heavy atom. The lowest BCUT2D eigenvalue weighted by atomic mass is 9.92. The fourth-order valence-electron chi connectivity index (χ4n) is 2.84. The minimum absolute atomic E-state index is 0.134. The normalized spacial score (nSPS) is 18.6. The van der Waals surface area contributed by atoms with E-state index in [1.54, 1.807) is 13.2 Å². The Bertz CT molecular complexity index is 664. The van der Waals surface area contributed by atoms with Crippen molar-refractivity contribution < 1.29 is 17.9 Å². The van der Waals surface area contributed by atoms with Gasteiger partial charge in [0.05, 0.1) is 11.9 Å². The average Bonchev–Trinajstić information content (AvgIpc) is 2.52. The predicted octanol–water partition coefficient (Wildman–Crippen LogP) is 1.17. The molecule has 0 atom stereocenters. The van der Waals surface area contributed by atoms with Crippen LogP contribution in [0.5, 0.6) is 0 Å². The van der Waals surface area contributed by atoms with Crippen LogP contribution in [0.15, 0.2) is 24.3 Å². The SMILES string of the molecule is COC1(CNC(=O)c2ccccc2C)CCN(S(C)(=O)=O)CC1. The summed E-state index contributed by atoms with van der Waals surface area (Å²) in [5, 5.41) is 2.92. The van der Waals surface area contributed by atoms with E-state index >= 15 is 0 Å². The summed E-state index contributed by atoms with van der Waals surface area (Å²) in [6.45, 7) is 3.08. The van der Waals surface area contributed by atoms with Crippen LogP contribution in [0.2, 0.25) is 0 Å². The van der Waals surface area contributed by atoms with Crippen LogP contribution in [0, 0.1) is 6.92 Å². The van der Waals surface area contributed by atoms with Crippen molar-refractivity contribution in [2.24, 2.45) is 0 Å². The first kappa shape index (κ1) is 17.9. The fraction of sp³-hybridized carbons (Fsp3) is 0.562. The van der Waals surface area contributed by atoms with E-state index in [0.29, 0.717) is 38.0 Å². The highest BCUT2D eigenvalue weighted by molar-refractivity contribution is 7.88. The Balaban J connectivity index is 1.98. The molecule has 1 aromatic rings. The first-order valence-corrected chi connectivity index (χ1v) is 9.46. The third kappa shape index (κ3) is 4.31. The molecule has 0 bridgehead atoms. The van der Waals surface area contributed by atoms with Crippen LogP contribution in [0.1, 0.15) is 28.8 Å². The van der Waals surface area contributed by atoms with Crippen LogP contribution >= 0.6 is 0 Å². The monoisotopic (exact) mass is 340 g/mol. The lowest BCUT2D eigenvalue weighted by molar-refractivity contribution is -0.0424. The summed E-state index contributed by atoms with van der Waals surface area (Å²) >= 11 is 0. The molecule has 128 valence electrons. The van der Waals surface area contributed by atoms with Gasteiger partial charge in [0.15, 0.2) is 0 Å². The van der Waals surface area contributed by atoms with E-state index in [-0.39, 0.29) is 5.91 Å². The van der Waals surface area contributed by atoms with E-state index in [1.165, 1.54) is 10.6 Å². The topological polar surface area (TPSA) is 75.7 Å². The predicted molar refractivity (Wildman–Crippen MR) is 88.9 cm³/mol. The number of carbonyl (C=O) groups is 1. The van der Waals surface area contributed by atoms with Gasteiger partial charge in [0.25, 0.3) is 5.91 Å². The van der Waals surface area contributed by atoms with Gasteiger partial charge in [-0.05, 0) is 31.4 Å².